The number of fused-ring (bicyclic) bond motifs is 6. The number of carbonyl (C=O) groups excluding carboxylic acids is 2. The van der Waals surface area contributed by atoms with Crippen LogP contribution in [0.2, 0.25) is 0 Å². The van der Waals surface area contributed by atoms with Crippen LogP contribution in [0.5, 0.6) is 5.75 Å². The average Bonchev–Trinajstić information content (AvgIpc) is 3.91. The van der Waals surface area contributed by atoms with Crippen molar-refractivity contribution in [1.82, 2.24) is 19.1 Å². The summed E-state index contributed by atoms with van der Waals surface area (Å²) < 4.78 is 10.5. The molecule has 0 saturated heterocycles. The van der Waals surface area contributed by atoms with Crippen molar-refractivity contribution < 1.29 is 14.3 Å². The molecule has 9 aromatic carbocycles. The summed E-state index contributed by atoms with van der Waals surface area (Å²) >= 11 is 0. The van der Waals surface area contributed by atoms with E-state index in [1.165, 1.54) is 19.3 Å². The fourth-order valence-corrected chi connectivity index (χ4v) is 9.90. The Bertz CT molecular complexity index is 3380. The van der Waals surface area contributed by atoms with Crippen LogP contribution in [0.1, 0.15) is 77.3 Å². The molecule has 0 fully saturated rings. The van der Waals surface area contributed by atoms with Gasteiger partial charge in [0.15, 0.2) is 0 Å². The Balaban J connectivity index is 0.943. The lowest BCUT2D eigenvalue weighted by molar-refractivity contribution is 0.102. The van der Waals surface area contributed by atoms with Crippen molar-refractivity contribution >= 4 is 88.9 Å². The Morgan fingerprint density at radius 3 is 1.30 bits per heavy atom. The van der Waals surface area contributed by atoms with E-state index in [1.54, 1.807) is 18.2 Å². The maximum atomic E-state index is 14.7. The number of hydrogen-bond acceptors (Lipinski definition) is 5. The van der Waals surface area contributed by atoms with E-state index in [0.717, 1.165) is 95.5 Å². The Morgan fingerprint density at radius 1 is 0.464 bits per heavy atom. The van der Waals surface area contributed by atoms with Gasteiger partial charge in [0.25, 0.3) is 11.8 Å². The second-order valence-electron chi connectivity index (χ2n) is 17.9. The molecule has 11 rings (SSSR count). The van der Waals surface area contributed by atoms with Crippen molar-refractivity contribution in [3.05, 3.63) is 198 Å². The lowest BCUT2D eigenvalue weighted by Gasteiger charge is -2.16. The molecule has 0 radical (unpaired) electrons. The third-order valence-electron chi connectivity index (χ3n) is 13.4. The molecule has 0 bridgehead atoms. The van der Waals surface area contributed by atoms with Crippen LogP contribution in [-0.4, -0.2) is 37.5 Å². The highest BCUT2D eigenvalue weighted by atomic mass is 16.5. The van der Waals surface area contributed by atoms with Gasteiger partial charge in [-0.05, 0) is 115 Å². The number of imidazole rings is 2. The van der Waals surface area contributed by atoms with Crippen molar-refractivity contribution in [1.29, 1.82) is 0 Å². The van der Waals surface area contributed by atoms with Gasteiger partial charge >= 0.3 is 0 Å². The minimum absolute atomic E-state index is 0.269. The number of para-hydroxylation sites is 4. The van der Waals surface area contributed by atoms with Crippen LogP contribution in [0.3, 0.4) is 0 Å². The van der Waals surface area contributed by atoms with E-state index in [1.807, 2.05) is 48.5 Å². The zero-order chi connectivity index (χ0) is 46.7. The molecular formula is C60H52N6O3. The topological polar surface area (TPSA) is 103 Å². The number of hydrogen-bond donors (Lipinski definition) is 2. The third-order valence-corrected chi connectivity index (χ3v) is 13.4. The molecular weight excluding hydrogens is 853 g/mol. The molecule has 0 aliphatic carbocycles. The van der Waals surface area contributed by atoms with Crippen LogP contribution in [0.4, 0.5) is 11.9 Å². The molecule has 9 nitrogen and oxygen atoms in total. The highest BCUT2D eigenvalue weighted by molar-refractivity contribution is 6.10. The summed E-state index contributed by atoms with van der Waals surface area (Å²) in [6.45, 7) is 3.60. The van der Waals surface area contributed by atoms with Gasteiger partial charge in [0.05, 0.1) is 41.8 Å². The fourth-order valence-electron chi connectivity index (χ4n) is 9.90. The van der Waals surface area contributed by atoms with E-state index in [4.69, 9.17) is 14.7 Å². The second kappa shape index (κ2) is 19.1. The highest BCUT2D eigenvalue weighted by Crippen LogP contribution is 2.34. The van der Waals surface area contributed by atoms with Gasteiger partial charge in [0.1, 0.15) is 5.75 Å². The molecule has 0 atom stereocenters. The maximum absolute atomic E-state index is 14.7. The van der Waals surface area contributed by atoms with Gasteiger partial charge in [-0.1, -0.05) is 160 Å². The quantitative estimate of drug-likeness (QED) is 0.0742. The number of ether oxygens (including phenoxy) is 1. The first-order valence-corrected chi connectivity index (χ1v) is 24.1. The average molecular weight is 905 g/mol. The Hall–Kier alpha value is -8.30. The lowest BCUT2D eigenvalue weighted by Crippen LogP contribution is -2.20. The van der Waals surface area contributed by atoms with Crippen molar-refractivity contribution in [3.8, 4) is 5.75 Å². The number of aromatic nitrogens is 4. The van der Waals surface area contributed by atoms with Crippen molar-refractivity contribution in [2.45, 2.75) is 58.5 Å². The number of nitrogens with one attached hydrogen (secondary N) is 2. The SMILES string of the molecule is CCCCCCCCOc1cc(C(=O)Nc2nc3ccccc3n2Cc2c3ccccc3cc3ccccc23)cc(C(=O)Nc2nc3ccccc3n2Cc2c3ccccc3cc3ccccc23)c1. The first kappa shape index (κ1) is 43.3. The Labute approximate surface area is 400 Å². The Kier molecular flexibility index (Phi) is 12.0. The first-order chi connectivity index (χ1) is 34.0. The van der Waals surface area contributed by atoms with E-state index in [-0.39, 0.29) is 11.1 Å². The van der Waals surface area contributed by atoms with E-state index in [9.17, 15) is 9.59 Å². The summed E-state index contributed by atoms with van der Waals surface area (Å²) in [5, 5.41) is 15.4. The molecule has 9 heteroatoms. The monoisotopic (exact) mass is 904 g/mol. The zero-order valence-corrected chi connectivity index (χ0v) is 38.6. The van der Waals surface area contributed by atoms with Gasteiger partial charge in [-0.2, -0.15) is 0 Å². The van der Waals surface area contributed by atoms with Gasteiger partial charge in [-0.15, -0.1) is 0 Å². The zero-order valence-electron chi connectivity index (χ0n) is 38.6. The van der Waals surface area contributed by atoms with Gasteiger partial charge in [0.2, 0.25) is 11.9 Å². The number of amides is 2. The van der Waals surface area contributed by atoms with Crippen LogP contribution in [-0.2, 0) is 13.1 Å². The third kappa shape index (κ3) is 8.75. The standard InChI is InChI=1S/C60H52N6O3/c1-2-3-4-5-6-19-32-69-46-36-44(57(67)63-59-61-53-28-15-17-30-55(53)65(59)38-51-47-24-11-7-20-40(47)33-41-21-8-12-25-48(41)51)35-45(37-46)58(68)64-60-62-54-29-16-18-31-56(54)66(60)39-52-49-26-13-9-22-42(49)34-43-23-10-14-27-50(43)52/h7-18,20-31,33-37H,2-6,19,32,38-39H2,1H3,(H,61,63,67)(H,62,64,68). The minimum atomic E-state index is -0.413. The molecule has 69 heavy (non-hydrogen) atoms. The maximum Gasteiger partial charge on any atom is 0.258 e. The van der Waals surface area contributed by atoms with E-state index >= 15 is 0 Å². The summed E-state index contributed by atoms with van der Waals surface area (Å²) in [6, 6.07) is 59.0. The number of carbonyl (C=O) groups is 2. The lowest BCUT2D eigenvalue weighted by atomic mass is 9.96. The summed E-state index contributed by atoms with van der Waals surface area (Å²) in [7, 11) is 0. The van der Waals surface area contributed by atoms with Crippen molar-refractivity contribution in [2.75, 3.05) is 17.2 Å². The number of benzene rings is 9. The van der Waals surface area contributed by atoms with Crippen LogP contribution in [0.15, 0.2) is 176 Å². The summed E-state index contributed by atoms with van der Waals surface area (Å²) in [5.41, 5.74) is 6.09. The number of unbranched alkanes of at least 4 members (excludes halogenated alkanes) is 5. The van der Waals surface area contributed by atoms with E-state index in [0.29, 0.717) is 37.3 Å². The summed E-state index contributed by atoms with van der Waals surface area (Å²) in [5.74, 6) is 0.411. The molecule has 2 amide bonds. The van der Waals surface area contributed by atoms with Crippen molar-refractivity contribution in [2.24, 2.45) is 0 Å². The smallest absolute Gasteiger partial charge is 0.258 e. The van der Waals surface area contributed by atoms with E-state index < -0.39 is 11.8 Å². The van der Waals surface area contributed by atoms with Crippen molar-refractivity contribution in [3.63, 3.8) is 0 Å². The van der Waals surface area contributed by atoms with Gasteiger partial charge in [0, 0.05) is 11.1 Å². The second-order valence-corrected chi connectivity index (χ2v) is 17.9. The molecule has 2 heterocycles. The molecule has 340 valence electrons. The molecule has 0 aliphatic rings. The first-order valence-electron chi connectivity index (χ1n) is 24.1. The largest absolute Gasteiger partial charge is 0.494 e. The highest BCUT2D eigenvalue weighted by Gasteiger charge is 2.22. The van der Waals surface area contributed by atoms with Gasteiger partial charge in [-0.3, -0.25) is 20.2 Å². The van der Waals surface area contributed by atoms with Gasteiger partial charge < -0.3 is 13.9 Å². The van der Waals surface area contributed by atoms with Crippen LogP contribution < -0.4 is 15.4 Å². The van der Waals surface area contributed by atoms with Crippen LogP contribution >= 0.6 is 0 Å². The summed E-state index contributed by atoms with van der Waals surface area (Å²) in [4.78, 5) is 39.4. The normalized spacial score (nSPS) is 11.6. The molecule has 11 aromatic rings. The molecule has 0 unspecified atom stereocenters. The molecule has 0 saturated carbocycles. The molecule has 2 N–H and O–H groups in total. The minimum Gasteiger partial charge on any atom is -0.494 e. The van der Waals surface area contributed by atoms with Crippen LogP contribution in [0.25, 0.3) is 65.2 Å². The number of nitrogens with zero attached hydrogens (tertiary/aromatic N) is 4. The molecule has 0 spiro atoms. The van der Waals surface area contributed by atoms with Crippen LogP contribution in [0, 0.1) is 0 Å². The fraction of sp³-hybridized carbons (Fsp3) is 0.167. The molecule has 0 aliphatic heterocycles. The summed E-state index contributed by atoms with van der Waals surface area (Å²) in [6.07, 6.45) is 6.63. The number of rotatable bonds is 16. The predicted octanol–water partition coefficient (Wildman–Crippen LogP) is 14.3. The van der Waals surface area contributed by atoms with Gasteiger partial charge in [-0.25, -0.2) is 9.97 Å². The van der Waals surface area contributed by atoms with E-state index in [2.05, 4.69) is 136 Å². The number of anilines is 2. The molecule has 2 aromatic heterocycles. The Morgan fingerprint density at radius 2 is 0.855 bits per heavy atom. The predicted molar refractivity (Wildman–Crippen MR) is 282 cm³/mol.